The lowest BCUT2D eigenvalue weighted by atomic mass is 9.98. The molecule has 23 heavy (non-hydrogen) atoms. The van der Waals surface area contributed by atoms with Crippen LogP contribution in [0.5, 0.6) is 5.75 Å². The lowest BCUT2D eigenvalue weighted by molar-refractivity contribution is -0.121. The van der Waals surface area contributed by atoms with E-state index in [1.165, 1.54) is 19.3 Å². The minimum atomic E-state index is -0.143. The molecule has 4 nitrogen and oxygen atoms in total. The monoisotopic (exact) mass is 334 g/mol. The van der Waals surface area contributed by atoms with E-state index in [1.807, 2.05) is 24.3 Å². The zero-order valence-electron chi connectivity index (χ0n) is 13.5. The Bertz CT molecular complexity index is 514. The van der Waals surface area contributed by atoms with Gasteiger partial charge in [0.1, 0.15) is 11.0 Å². The summed E-state index contributed by atoms with van der Waals surface area (Å²) in [5, 5.41) is 2.90. The van der Waals surface area contributed by atoms with Crippen molar-refractivity contribution in [1.29, 1.82) is 0 Å². The van der Waals surface area contributed by atoms with Crippen LogP contribution in [-0.4, -0.2) is 30.4 Å². The fourth-order valence-corrected chi connectivity index (χ4v) is 4.50. The average Bonchev–Trinajstić information content (AvgIpc) is 2.78. The maximum absolute atomic E-state index is 12.4. The minimum absolute atomic E-state index is 0.0731. The van der Waals surface area contributed by atoms with Crippen molar-refractivity contribution in [3.63, 3.8) is 0 Å². The molecule has 1 aromatic rings. The van der Waals surface area contributed by atoms with Crippen LogP contribution in [-0.2, 0) is 4.79 Å². The number of hydrogen-bond acceptors (Lipinski definition) is 4. The fourth-order valence-electron chi connectivity index (χ4n) is 3.27. The van der Waals surface area contributed by atoms with E-state index in [4.69, 9.17) is 10.5 Å². The van der Waals surface area contributed by atoms with Crippen LogP contribution in [0.2, 0.25) is 0 Å². The Morgan fingerprint density at radius 3 is 2.57 bits per heavy atom. The van der Waals surface area contributed by atoms with Crippen molar-refractivity contribution in [2.45, 2.75) is 55.9 Å². The molecule has 1 amide bonds. The van der Waals surface area contributed by atoms with E-state index in [0.717, 1.165) is 36.3 Å². The molecule has 5 heteroatoms. The smallest absolute Gasteiger partial charge is 0.237 e. The van der Waals surface area contributed by atoms with Gasteiger partial charge in [-0.25, -0.2) is 0 Å². The second kappa shape index (κ2) is 8.06. The minimum Gasteiger partial charge on any atom is -0.490 e. The summed E-state index contributed by atoms with van der Waals surface area (Å²) in [6, 6.07) is 8.16. The van der Waals surface area contributed by atoms with Gasteiger partial charge in [-0.3, -0.25) is 4.79 Å². The Hall–Kier alpha value is -1.20. The second-order valence-electron chi connectivity index (χ2n) is 6.43. The Kier molecular flexibility index (Phi) is 5.84. The lowest BCUT2D eigenvalue weighted by Crippen LogP contribution is -2.40. The molecule has 3 N–H and O–H groups in total. The zero-order chi connectivity index (χ0) is 16.1. The lowest BCUT2D eigenvalue weighted by Gasteiger charge is -2.23. The van der Waals surface area contributed by atoms with Gasteiger partial charge >= 0.3 is 0 Å². The number of ether oxygens (including phenoxy) is 1. The molecule has 0 unspecified atom stereocenters. The Labute approximate surface area is 142 Å². The third-order valence-corrected chi connectivity index (χ3v) is 5.95. The van der Waals surface area contributed by atoms with E-state index in [1.54, 1.807) is 11.8 Å². The highest BCUT2D eigenvalue weighted by molar-refractivity contribution is 8.00. The predicted octanol–water partition coefficient (Wildman–Crippen LogP) is 3.02. The van der Waals surface area contributed by atoms with Gasteiger partial charge in [0, 0.05) is 12.6 Å². The van der Waals surface area contributed by atoms with E-state index in [9.17, 15) is 4.79 Å². The van der Waals surface area contributed by atoms with E-state index in [0.29, 0.717) is 12.6 Å². The standard InChI is InChI=1S/C18H26N2O2S/c19-12-14-10-11-23-17(18(21)20-14)13-6-8-16(9-7-13)22-15-4-2-1-3-5-15/h6-9,14-15,17H,1-5,10-12,19H2,(H,20,21)/t14-,17+/m0/s1. The maximum Gasteiger partial charge on any atom is 0.237 e. The van der Waals surface area contributed by atoms with Crippen molar-refractivity contribution < 1.29 is 9.53 Å². The van der Waals surface area contributed by atoms with Gasteiger partial charge < -0.3 is 15.8 Å². The third-order valence-electron chi connectivity index (χ3n) is 4.66. The number of carbonyl (C=O) groups is 1. The third kappa shape index (κ3) is 4.42. The number of carbonyl (C=O) groups excluding carboxylic acids is 1. The van der Waals surface area contributed by atoms with Crippen LogP contribution in [0, 0.1) is 0 Å². The van der Waals surface area contributed by atoms with E-state index < -0.39 is 0 Å². The van der Waals surface area contributed by atoms with Gasteiger partial charge in [-0.2, -0.15) is 0 Å². The molecule has 1 aliphatic heterocycles. The molecule has 0 radical (unpaired) electrons. The summed E-state index contributed by atoms with van der Waals surface area (Å²) in [7, 11) is 0. The molecule has 2 aliphatic rings. The highest BCUT2D eigenvalue weighted by Crippen LogP contribution is 2.33. The summed E-state index contributed by atoms with van der Waals surface area (Å²) in [5.74, 6) is 1.94. The van der Waals surface area contributed by atoms with Crippen LogP contribution in [0.3, 0.4) is 0 Å². The second-order valence-corrected chi connectivity index (χ2v) is 7.64. The molecule has 0 bridgehead atoms. The molecular formula is C18H26N2O2S. The molecule has 126 valence electrons. The quantitative estimate of drug-likeness (QED) is 0.888. The number of hydrogen-bond donors (Lipinski definition) is 2. The normalized spacial score (nSPS) is 26.4. The molecule has 1 heterocycles. The average molecular weight is 334 g/mol. The molecule has 1 aliphatic carbocycles. The summed E-state index contributed by atoms with van der Waals surface area (Å²) in [6.07, 6.45) is 7.47. The van der Waals surface area contributed by atoms with Crippen molar-refractivity contribution >= 4 is 17.7 Å². The summed E-state index contributed by atoms with van der Waals surface area (Å²) in [5.41, 5.74) is 6.73. The molecule has 2 fully saturated rings. The fraction of sp³-hybridized carbons (Fsp3) is 0.611. The molecule has 0 spiro atoms. The summed E-state index contributed by atoms with van der Waals surface area (Å²) in [6.45, 7) is 0.507. The first-order chi connectivity index (χ1) is 11.3. The van der Waals surface area contributed by atoms with Gasteiger partial charge in [-0.1, -0.05) is 18.6 Å². The highest BCUT2D eigenvalue weighted by Gasteiger charge is 2.26. The SMILES string of the molecule is NC[C@@H]1CCS[C@H](c2ccc(OC3CCCCC3)cc2)C(=O)N1. The van der Waals surface area contributed by atoms with Gasteiger partial charge in [0.05, 0.1) is 6.10 Å². The summed E-state index contributed by atoms with van der Waals surface area (Å²) >= 11 is 1.70. The van der Waals surface area contributed by atoms with Crippen molar-refractivity contribution in [3.05, 3.63) is 29.8 Å². The largest absolute Gasteiger partial charge is 0.490 e. The van der Waals surface area contributed by atoms with Crippen molar-refractivity contribution in [2.24, 2.45) is 5.73 Å². The molecule has 3 rings (SSSR count). The summed E-state index contributed by atoms with van der Waals surface area (Å²) < 4.78 is 6.06. The van der Waals surface area contributed by atoms with Crippen LogP contribution in [0.15, 0.2) is 24.3 Å². The van der Waals surface area contributed by atoms with Gasteiger partial charge in [-0.15, -0.1) is 11.8 Å². The van der Waals surface area contributed by atoms with Crippen LogP contribution in [0.1, 0.15) is 49.3 Å². The van der Waals surface area contributed by atoms with E-state index in [2.05, 4.69) is 5.32 Å². The van der Waals surface area contributed by atoms with Crippen molar-refractivity contribution in [1.82, 2.24) is 5.32 Å². The van der Waals surface area contributed by atoms with Gasteiger partial charge in [0.2, 0.25) is 5.91 Å². The first-order valence-corrected chi connectivity index (χ1v) is 9.70. The Balaban J connectivity index is 1.63. The number of rotatable bonds is 4. The first kappa shape index (κ1) is 16.7. The molecular weight excluding hydrogens is 308 g/mol. The number of nitrogens with one attached hydrogen (secondary N) is 1. The van der Waals surface area contributed by atoms with Crippen molar-refractivity contribution in [2.75, 3.05) is 12.3 Å². The van der Waals surface area contributed by atoms with Gasteiger partial charge in [-0.05, 0) is 55.6 Å². The molecule has 1 saturated heterocycles. The molecule has 0 aromatic heterocycles. The van der Waals surface area contributed by atoms with E-state index >= 15 is 0 Å². The van der Waals surface area contributed by atoms with Crippen LogP contribution in [0.25, 0.3) is 0 Å². The van der Waals surface area contributed by atoms with Gasteiger partial charge in [0.25, 0.3) is 0 Å². The number of benzene rings is 1. The topological polar surface area (TPSA) is 64.3 Å². The van der Waals surface area contributed by atoms with Crippen LogP contribution < -0.4 is 15.8 Å². The molecule has 1 aromatic carbocycles. The zero-order valence-corrected chi connectivity index (χ0v) is 14.3. The Morgan fingerprint density at radius 1 is 1.13 bits per heavy atom. The number of thioether (sulfide) groups is 1. The number of amides is 1. The van der Waals surface area contributed by atoms with Crippen LogP contribution >= 0.6 is 11.8 Å². The van der Waals surface area contributed by atoms with Crippen LogP contribution in [0.4, 0.5) is 0 Å². The first-order valence-electron chi connectivity index (χ1n) is 8.65. The highest BCUT2D eigenvalue weighted by atomic mass is 32.2. The molecule has 2 atom stereocenters. The predicted molar refractivity (Wildman–Crippen MR) is 94.7 cm³/mol. The van der Waals surface area contributed by atoms with E-state index in [-0.39, 0.29) is 17.2 Å². The number of nitrogens with two attached hydrogens (primary N) is 1. The molecule has 1 saturated carbocycles. The van der Waals surface area contributed by atoms with Crippen molar-refractivity contribution in [3.8, 4) is 5.75 Å². The van der Waals surface area contributed by atoms with Gasteiger partial charge in [0.15, 0.2) is 0 Å². The maximum atomic E-state index is 12.4. The Morgan fingerprint density at radius 2 is 1.87 bits per heavy atom. The summed E-state index contributed by atoms with van der Waals surface area (Å²) in [4.78, 5) is 12.4.